The van der Waals surface area contributed by atoms with Gasteiger partial charge in [-0.1, -0.05) is 6.07 Å². The Hall–Kier alpha value is -2.50. The number of rotatable bonds is 10. The van der Waals surface area contributed by atoms with E-state index in [1.54, 1.807) is 6.08 Å². The molecule has 0 heterocycles. The van der Waals surface area contributed by atoms with Crippen LogP contribution in [0.2, 0.25) is 0 Å². The number of hydrogen-bond donors (Lipinski definition) is 2. The zero-order chi connectivity index (χ0) is 18.1. The molecule has 0 unspecified atom stereocenters. The standard InChI is InChI=1S/C19H26N2O4/c1-3-24-16-9-5-14(13-17(16)25-4-2)6-10-18(22)20-11-12-21-19(23)15-7-8-15/h5-6,9-10,13,15H,3-4,7-8,11-12H2,1-2H3,(H,20,22)(H,21,23)/b10-6+. The van der Waals surface area contributed by atoms with E-state index in [1.165, 1.54) is 6.08 Å². The van der Waals surface area contributed by atoms with Crippen LogP contribution >= 0.6 is 0 Å². The highest BCUT2D eigenvalue weighted by Crippen LogP contribution is 2.29. The molecule has 1 aliphatic rings. The molecular weight excluding hydrogens is 320 g/mol. The lowest BCUT2D eigenvalue weighted by molar-refractivity contribution is -0.122. The van der Waals surface area contributed by atoms with E-state index in [1.807, 2.05) is 32.0 Å². The Morgan fingerprint density at radius 3 is 2.44 bits per heavy atom. The molecule has 1 aromatic carbocycles. The van der Waals surface area contributed by atoms with Gasteiger partial charge in [-0.2, -0.15) is 0 Å². The van der Waals surface area contributed by atoms with E-state index in [0.717, 1.165) is 18.4 Å². The predicted molar refractivity (Wildman–Crippen MR) is 96.6 cm³/mol. The number of nitrogens with one attached hydrogen (secondary N) is 2. The largest absolute Gasteiger partial charge is 0.490 e. The Kier molecular flexibility index (Phi) is 7.32. The van der Waals surface area contributed by atoms with Gasteiger partial charge in [-0.15, -0.1) is 0 Å². The first-order chi connectivity index (χ1) is 12.1. The van der Waals surface area contributed by atoms with Gasteiger partial charge in [0.2, 0.25) is 11.8 Å². The van der Waals surface area contributed by atoms with Crippen molar-refractivity contribution in [1.29, 1.82) is 0 Å². The topological polar surface area (TPSA) is 76.7 Å². The molecule has 0 atom stereocenters. The number of benzene rings is 1. The molecule has 6 nitrogen and oxygen atoms in total. The van der Waals surface area contributed by atoms with Crippen LogP contribution in [0, 0.1) is 5.92 Å². The molecule has 1 saturated carbocycles. The van der Waals surface area contributed by atoms with E-state index in [2.05, 4.69) is 10.6 Å². The molecule has 1 aliphatic carbocycles. The van der Waals surface area contributed by atoms with Crippen molar-refractivity contribution in [3.8, 4) is 11.5 Å². The van der Waals surface area contributed by atoms with Crippen LogP contribution < -0.4 is 20.1 Å². The summed E-state index contributed by atoms with van der Waals surface area (Å²) in [4.78, 5) is 23.3. The molecule has 25 heavy (non-hydrogen) atoms. The Bertz CT molecular complexity index is 624. The van der Waals surface area contributed by atoms with Gasteiger partial charge in [-0.3, -0.25) is 9.59 Å². The van der Waals surface area contributed by atoms with E-state index in [0.29, 0.717) is 37.8 Å². The van der Waals surface area contributed by atoms with Crippen molar-refractivity contribution in [3.63, 3.8) is 0 Å². The van der Waals surface area contributed by atoms with Crippen molar-refractivity contribution >= 4 is 17.9 Å². The number of hydrogen-bond acceptors (Lipinski definition) is 4. The van der Waals surface area contributed by atoms with Gasteiger partial charge in [0.1, 0.15) is 0 Å². The maximum Gasteiger partial charge on any atom is 0.244 e. The molecule has 0 spiro atoms. The summed E-state index contributed by atoms with van der Waals surface area (Å²) >= 11 is 0. The maximum absolute atomic E-state index is 11.8. The zero-order valence-corrected chi connectivity index (χ0v) is 14.8. The predicted octanol–water partition coefficient (Wildman–Crippen LogP) is 2.14. The fourth-order valence-electron chi connectivity index (χ4n) is 2.26. The summed E-state index contributed by atoms with van der Waals surface area (Å²) in [5.41, 5.74) is 0.851. The highest BCUT2D eigenvalue weighted by atomic mass is 16.5. The summed E-state index contributed by atoms with van der Waals surface area (Å²) in [5, 5.41) is 5.55. The van der Waals surface area contributed by atoms with Crippen LogP contribution in [-0.4, -0.2) is 38.1 Å². The summed E-state index contributed by atoms with van der Waals surface area (Å²) in [6.07, 6.45) is 5.14. The lowest BCUT2D eigenvalue weighted by Crippen LogP contribution is -2.34. The Morgan fingerprint density at radius 1 is 1.08 bits per heavy atom. The number of amides is 2. The lowest BCUT2D eigenvalue weighted by atomic mass is 10.2. The molecule has 1 fully saturated rings. The second-order valence-electron chi connectivity index (χ2n) is 5.76. The van der Waals surface area contributed by atoms with Gasteiger partial charge in [0.05, 0.1) is 13.2 Å². The monoisotopic (exact) mass is 346 g/mol. The van der Waals surface area contributed by atoms with Crippen LogP contribution in [0.15, 0.2) is 24.3 Å². The molecule has 136 valence electrons. The molecule has 0 saturated heterocycles. The molecule has 2 rings (SSSR count). The highest BCUT2D eigenvalue weighted by molar-refractivity contribution is 5.91. The molecular formula is C19H26N2O4. The van der Waals surface area contributed by atoms with E-state index < -0.39 is 0 Å². The first-order valence-corrected chi connectivity index (χ1v) is 8.77. The lowest BCUT2D eigenvalue weighted by Gasteiger charge is -2.11. The summed E-state index contributed by atoms with van der Waals surface area (Å²) in [6, 6.07) is 5.54. The van der Waals surface area contributed by atoms with E-state index >= 15 is 0 Å². The fourth-order valence-corrected chi connectivity index (χ4v) is 2.26. The van der Waals surface area contributed by atoms with Crippen LogP contribution in [0.3, 0.4) is 0 Å². The summed E-state index contributed by atoms with van der Waals surface area (Å²) in [5.74, 6) is 1.43. The Morgan fingerprint density at radius 2 is 1.76 bits per heavy atom. The van der Waals surface area contributed by atoms with Crippen LogP contribution in [0.4, 0.5) is 0 Å². The number of ether oxygens (including phenoxy) is 2. The second kappa shape index (κ2) is 9.71. The van der Waals surface area contributed by atoms with Crippen LogP contribution in [-0.2, 0) is 9.59 Å². The smallest absolute Gasteiger partial charge is 0.244 e. The minimum absolute atomic E-state index is 0.0858. The van der Waals surface area contributed by atoms with Crippen LogP contribution in [0.25, 0.3) is 6.08 Å². The SMILES string of the molecule is CCOc1ccc(/C=C/C(=O)NCCNC(=O)C2CC2)cc1OCC. The summed E-state index contributed by atoms with van der Waals surface area (Å²) < 4.78 is 11.1. The molecule has 0 bridgehead atoms. The average molecular weight is 346 g/mol. The third-order valence-corrected chi connectivity index (χ3v) is 3.67. The fraction of sp³-hybridized carbons (Fsp3) is 0.474. The maximum atomic E-state index is 11.8. The first-order valence-electron chi connectivity index (χ1n) is 8.77. The quantitative estimate of drug-likeness (QED) is 0.503. The van der Waals surface area contributed by atoms with Crippen molar-refractivity contribution in [3.05, 3.63) is 29.8 Å². The number of carbonyl (C=O) groups excluding carboxylic acids is 2. The van der Waals surface area contributed by atoms with E-state index in [-0.39, 0.29) is 17.7 Å². The highest BCUT2D eigenvalue weighted by Gasteiger charge is 2.28. The van der Waals surface area contributed by atoms with Crippen molar-refractivity contribution in [1.82, 2.24) is 10.6 Å². The second-order valence-corrected chi connectivity index (χ2v) is 5.76. The van der Waals surface area contributed by atoms with Crippen LogP contribution in [0.1, 0.15) is 32.3 Å². The zero-order valence-electron chi connectivity index (χ0n) is 14.8. The van der Waals surface area contributed by atoms with E-state index in [4.69, 9.17) is 9.47 Å². The van der Waals surface area contributed by atoms with Gasteiger partial charge in [0.15, 0.2) is 11.5 Å². The average Bonchev–Trinajstić information content (AvgIpc) is 3.44. The molecule has 0 aliphatic heterocycles. The van der Waals surface area contributed by atoms with Gasteiger partial charge < -0.3 is 20.1 Å². The minimum atomic E-state index is -0.201. The normalized spacial score (nSPS) is 13.5. The van der Waals surface area contributed by atoms with Crippen molar-refractivity contribution in [2.24, 2.45) is 5.92 Å². The van der Waals surface area contributed by atoms with Crippen molar-refractivity contribution in [2.75, 3.05) is 26.3 Å². The van der Waals surface area contributed by atoms with Crippen molar-refractivity contribution < 1.29 is 19.1 Å². The Labute approximate surface area is 148 Å². The number of carbonyl (C=O) groups is 2. The summed E-state index contributed by atoms with van der Waals surface area (Å²) in [7, 11) is 0. The molecule has 0 radical (unpaired) electrons. The van der Waals surface area contributed by atoms with Gasteiger partial charge in [0, 0.05) is 25.1 Å². The molecule has 0 aromatic heterocycles. The minimum Gasteiger partial charge on any atom is -0.490 e. The van der Waals surface area contributed by atoms with E-state index in [9.17, 15) is 9.59 Å². The Balaban J connectivity index is 1.79. The van der Waals surface area contributed by atoms with Gasteiger partial charge in [-0.25, -0.2) is 0 Å². The molecule has 2 N–H and O–H groups in total. The van der Waals surface area contributed by atoms with Crippen LogP contribution in [0.5, 0.6) is 11.5 Å². The third-order valence-electron chi connectivity index (χ3n) is 3.67. The van der Waals surface area contributed by atoms with Crippen molar-refractivity contribution in [2.45, 2.75) is 26.7 Å². The van der Waals surface area contributed by atoms with Gasteiger partial charge >= 0.3 is 0 Å². The molecule has 1 aromatic rings. The summed E-state index contributed by atoms with van der Waals surface area (Å²) in [6.45, 7) is 5.80. The van der Waals surface area contributed by atoms with Gasteiger partial charge in [0.25, 0.3) is 0 Å². The molecule has 2 amide bonds. The molecule has 6 heteroatoms. The first kappa shape index (κ1) is 18.8. The third kappa shape index (κ3) is 6.49. The van der Waals surface area contributed by atoms with Gasteiger partial charge in [-0.05, 0) is 50.5 Å².